The van der Waals surface area contributed by atoms with Crippen molar-refractivity contribution in [2.24, 2.45) is 11.7 Å². The molecule has 0 aliphatic carbocycles. The molecule has 1 amide bonds. The van der Waals surface area contributed by atoms with Crippen molar-refractivity contribution in [3.63, 3.8) is 0 Å². The van der Waals surface area contributed by atoms with Gasteiger partial charge in [0.05, 0.1) is 16.5 Å². The molecule has 1 rings (SSSR count). The van der Waals surface area contributed by atoms with Crippen molar-refractivity contribution < 1.29 is 13.2 Å². The van der Waals surface area contributed by atoms with E-state index in [1.165, 1.54) is 24.3 Å². The fourth-order valence-corrected chi connectivity index (χ4v) is 3.02. The minimum Gasteiger partial charge on any atom is -0.368 e. The van der Waals surface area contributed by atoms with Gasteiger partial charge < -0.3 is 5.73 Å². The summed E-state index contributed by atoms with van der Waals surface area (Å²) in [6.07, 6.45) is 0.606. The van der Waals surface area contributed by atoms with Gasteiger partial charge in [-0.15, -0.1) is 0 Å². The van der Waals surface area contributed by atoms with E-state index >= 15 is 0 Å². The van der Waals surface area contributed by atoms with Gasteiger partial charge in [-0.05, 0) is 24.1 Å². The number of nitrogens with two attached hydrogens (primary N) is 1. The summed E-state index contributed by atoms with van der Waals surface area (Å²) < 4.78 is 26.7. The Bertz CT molecular complexity index is 635. The van der Waals surface area contributed by atoms with Crippen LogP contribution in [0.15, 0.2) is 29.2 Å². The number of carbonyl (C=O) groups excluding carboxylic acids is 1. The standard InChI is InChI=1S/C13H17N3O3S/c1-3-9(2)12(13(15)17)16-20(18,19)11-6-4-5-10(7-11)8-14/h4-7,9,12,16H,3H2,1-2H3,(H2,15,17). The molecule has 2 unspecified atom stereocenters. The van der Waals surface area contributed by atoms with E-state index < -0.39 is 22.0 Å². The Labute approximate surface area is 118 Å². The number of nitrogens with one attached hydrogen (secondary N) is 1. The molecular formula is C13H17N3O3S. The number of nitriles is 1. The predicted octanol–water partition coefficient (Wildman–Crippen LogP) is 0.737. The lowest BCUT2D eigenvalue weighted by Gasteiger charge is -2.21. The maximum atomic E-state index is 12.2. The third-order valence-electron chi connectivity index (χ3n) is 3.08. The Morgan fingerprint density at radius 2 is 2.15 bits per heavy atom. The third-order valence-corrected chi connectivity index (χ3v) is 4.51. The van der Waals surface area contributed by atoms with Crippen LogP contribution in [0, 0.1) is 17.2 Å². The van der Waals surface area contributed by atoms with Crippen molar-refractivity contribution in [2.75, 3.05) is 0 Å². The van der Waals surface area contributed by atoms with Crippen LogP contribution in [0.1, 0.15) is 25.8 Å². The fraction of sp³-hybridized carbons (Fsp3) is 0.385. The SMILES string of the molecule is CCC(C)C(NS(=O)(=O)c1cccc(C#N)c1)C(N)=O. The first-order chi connectivity index (χ1) is 9.31. The molecule has 0 saturated carbocycles. The highest BCUT2D eigenvalue weighted by molar-refractivity contribution is 7.89. The molecule has 0 radical (unpaired) electrons. The molecule has 0 heterocycles. The van der Waals surface area contributed by atoms with E-state index in [0.717, 1.165) is 0 Å². The lowest BCUT2D eigenvalue weighted by Crippen LogP contribution is -2.48. The monoisotopic (exact) mass is 295 g/mol. The molecular weight excluding hydrogens is 278 g/mol. The number of rotatable bonds is 6. The van der Waals surface area contributed by atoms with Gasteiger partial charge in [0.15, 0.2) is 0 Å². The van der Waals surface area contributed by atoms with Crippen molar-refractivity contribution in [3.05, 3.63) is 29.8 Å². The summed E-state index contributed by atoms with van der Waals surface area (Å²) in [5.41, 5.74) is 5.47. The molecule has 2 atom stereocenters. The molecule has 0 bridgehead atoms. The first kappa shape index (κ1) is 16.1. The molecule has 0 fully saturated rings. The topological polar surface area (TPSA) is 113 Å². The first-order valence-electron chi connectivity index (χ1n) is 6.13. The number of benzene rings is 1. The number of sulfonamides is 1. The predicted molar refractivity (Wildman–Crippen MR) is 73.9 cm³/mol. The Morgan fingerprint density at radius 3 is 2.65 bits per heavy atom. The summed E-state index contributed by atoms with van der Waals surface area (Å²) in [5.74, 6) is -0.944. The number of carbonyl (C=O) groups is 1. The third kappa shape index (κ3) is 3.79. The molecule has 3 N–H and O–H groups in total. The van der Waals surface area contributed by atoms with Crippen LogP contribution < -0.4 is 10.5 Å². The summed E-state index contributed by atoms with van der Waals surface area (Å²) in [6, 6.07) is 6.46. The number of amides is 1. The Balaban J connectivity index is 3.10. The van der Waals surface area contributed by atoms with Crippen molar-refractivity contribution in [1.29, 1.82) is 5.26 Å². The summed E-state index contributed by atoms with van der Waals surface area (Å²) in [4.78, 5) is 11.3. The van der Waals surface area contributed by atoms with Gasteiger partial charge in [0.2, 0.25) is 15.9 Å². The molecule has 1 aromatic carbocycles. The van der Waals surface area contributed by atoms with Gasteiger partial charge in [-0.2, -0.15) is 9.98 Å². The number of nitrogens with zero attached hydrogens (tertiary/aromatic N) is 1. The number of hydrogen-bond acceptors (Lipinski definition) is 4. The molecule has 6 nitrogen and oxygen atoms in total. The summed E-state index contributed by atoms with van der Waals surface area (Å²) in [6.45, 7) is 3.58. The highest BCUT2D eigenvalue weighted by Crippen LogP contribution is 2.14. The molecule has 7 heteroatoms. The van der Waals surface area contributed by atoms with Crippen LogP contribution in [-0.4, -0.2) is 20.4 Å². The molecule has 0 saturated heterocycles. The Morgan fingerprint density at radius 1 is 1.50 bits per heavy atom. The van der Waals surface area contributed by atoms with Gasteiger partial charge in [-0.3, -0.25) is 4.79 Å². The lowest BCUT2D eigenvalue weighted by molar-refractivity contribution is -0.120. The van der Waals surface area contributed by atoms with Crippen molar-refractivity contribution in [1.82, 2.24) is 4.72 Å². The van der Waals surface area contributed by atoms with Crippen LogP contribution in [0.4, 0.5) is 0 Å². The van der Waals surface area contributed by atoms with Crippen LogP contribution in [0.2, 0.25) is 0 Å². The van der Waals surface area contributed by atoms with Gasteiger partial charge in [-0.1, -0.05) is 26.3 Å². The minimum absolute atomic E-state index is 0.0638. The molecule has 0 spiro atoms. The number of hydrogen-bond donors (Lipinski definition) is 2. The van der Waals surface area contributed by atoms with E-state index in [2.05, 4.69) is 4.72 Å². The fourth-order valence-electron chi connectivity index (χ4n) is 1.66. The Hall–Kier alpha value is -1.91. The van der Waals surface area contributed by atoms with Crippen molar-refractivity contribution >= 4 is 15.9 Å². The van der Waals surface area contributed by atoms with Crippen LogP contribution in [0.5, 0.6) is 0 Å². The second-order valence-corrected chi connectivity index (χ2v) is 6.24. The quantitative estimate of drug-likeness (QED) is 0.805. The smallest absolute Gasteiger partial charge is 0.241 e. The zero-order valence-corrected chi connectivity index (χ0v) is 12.1. The molecule has 20 heavy (non-hydrogen) atoms. The van der Waals surface area contributed by atoms with Gasteiger partial charge in [0.1, 0.15) is 6.04 Å². The molecule has 0 aliphatic rings. The van der Waals surface area contributed by atoms with Crippen molar-refractivity contribution in [2.45, 2.75) is 31.2 Å². The van der Waals surface area contributed by atoms with Crippen LogP contribution in [0.3, 0.4) is 0 Å². The van der Waals surface area contributed by atoms with Gasteiger partial charge in [0.25, 0.3) is 0 Å². The molecule has 0 aromatic heterocycles. The molecule has 0 aliphatic heterocycles. The van der Waals surface area contributed by atoms with Gasteiger partial charge in [-0.25, -0.2) is 8.42 Å². The van der Waals surface area contributed by atoms with E-state index in [9.17, 15) is 13.2 Å². The van der Waals surface area contributed by atoms with Crippen LogP contribution >= 0.6 is 0 Å². The second kappa shape index (κ2) is 6.50. The van der Waals surface area contributed by atoms with E-state index in [-0.39, 0.29) is 16.4 Å². The second-order valence-electron chi connectivity index (χ2n) is 4.53. The van der Waals surface area contributed by atoms with E-state index in [1.807, 2.05) is 13.0 Å². The summed E-state index contributed by atoms with van der Waals surface area (Å²) in [7, 11) is -3.89. The van der Waals surface area contributed by atoms with E-state index in [1.54, 1.807) is 6.92 Å². The lowest BCUT2D eigenvalue weighted by atomic mass is 10.00. The molecule has 1 aromatic rings. The average molecular weight is 295 g/mol. The largest absolute Gasteiger partial charge is 0.368 e. The van der Waals surface area contributed by atoms with E-state index in [4.69, 9.17) is 11.0 Å². The van der Waals surface area contributed by atoms with Crippen molar-refractivity contribution in [3.8, 4) is 6.07 Å². The Kier molecular flexibility index (Phi) is 5.25. The number of primary amides is 1. The summed E-state index contributed by atoms with van der Waals surface area (Å²) >= 11 is 0. The minimum atomic E-state index is -3.89. The summed E-state index contributed by atoms with van der Waals surface area (Å²) in [5, 5.41) is 8.78. The van der Waals surface area contributed by atoms with Gasteiger partial charge >= 0.3 is 0 Å². The van der Waals surface area contributed by atoms with E-state index in [0.29, 0.717) is 6.42 Å². The zero-order chi connectivity index (χ0) is 15.3. The zero-order valence-electron chi connectivity index (χ0n) is 11.3. The first-order valence-corrected chi connectivity index (χ1v) is 7.62. The molecule has 108 valence electrons. The highest BCUT2D eigenvalue weighted by Gasteiger charge is 2.28. The maximum Gasteiger partial charge on any atom is 0.241 e. The van der Waals surface area contributed by atoms with Gasteiger partial charge in [0, 0.05) is 0 Å². The maximum absolute atomic E-state index is 12.2. The van der Waals surface area contributed by atoms with Crippen LogP contribution in [-0.2, 0) is 14.8 Å². The average Bonchev–Trinajstić information content (AvgIpc) is 2.43. The highest BCUT2D eigenvalue weighted by atomic mass is 32.2. The van der Waals surface area contributed by atoms with Crippen LogP contribution in [0.25, 0.3) is 0 Å². The normalized spacial score (nSPS) is 14.2.